The zero-order valence-electron chi connectivity index (χ0n) is 13.8. The van der Waals surface area contributed by atoms with Crippen molar-refractivity contribution in [3.8, 4) is 6.07 Å². The lowest BCUT2D eigenvalue weighted by Gasteiger charge is -2.04. The molecule has 0 bridgehead atoms. The maximum absolute atomic E-state index is 8.88. The number of aryl methyl sites for hydroxylation is 1. The summed E-state index contributed by atoms with van der Waals surface area (Å²) in [5.41, 5.74) is 3.90. The number of hydrogen-bond donors (Lipinski definition) is 1. The van der Waals surface area contributed by atoms with Crippen molar-refractivity contribution in [2.24, 2.45) is 5.16 Å². The Morgan fingerprint density at radius 1 is 1.29 bits per heavy atom. The van der Waals surface area contributed by atoms with Crippen molar-refractivity contribution in [3.05, 3.63) is 59.2 Å². The van der Waals surface area contributed by atoms with Crippen LogP contribution in [0.2, 0.25) is 0 Å². The number of aromatic nitrogens is 2. The van der Waals surface area contributed by atoms with Gasteiger partial charge in [0.2, 0.25) is 0 Å². The minimum absolute atomic E-state index is 0.459. The summed E-state index contributed by atoms with van der Waals surface area (Å²) < 4.78 is 0. The molecule has 2 aromatic rings. The van der Waals surface area contributed by atoms with Crippen LogP contribution in [0.25, 0.3) is 0 Å². The molecular formula is C18H19N5O. The van der Waals surface area contributed by atoms with Gasteiger partial charge < -0.3 is 10.2 Å². The third-order valence-electron chi connectivity index (χ3n) is 3.32. The normalized spacial score (nSPS) is 11.0. The number of nitriles is 1. The van der Waals surface area contributed by atoms with Crippen molar-refractivity contribution in [2.75, 3.05) is 6.61 Å². The van der Waals surface area contributed by atoms with Crippen molar-refractivity contribution in [3.63, 3.8) is 0 Å². The van der Waals surface area contributed by atoms with Crippen LogP contribution in [-0.2, 0) is 11.3 Å². The number of oxime groups is 1. The van der Waals surface area contributed by atoms with Gasteiger partial charge in [0.1, 0.15) is 12.3 Å². The molecule has 2 aromatic heterocycles. The molecule has 0 radical (unpaired) electrons. The third-order valence-corrected chi connectivity index (χ3v) is 3.32. The van der Waals surface area contributed by atoms with Crippen LogP contribution in [0.1, 0.15) is 42.9 Å². The Labute approximate surface area is 141 Å². The van der Waals surface area contributed by atoms with Gasteiger partial charge in [-0.15, -0.1) is 0 Å². The fraction of sp³-hybridized carbons (Fsp3) is 0.278. The summed E-state index contributed by atoms with van der Waals surface area (Å²) in [6.45, 7) is 3.98. The smallest absolute Gasteiger partial charge is 0.117 e. The molecule has 0 saturated heterocycles. The molecule has 2 heterocycles. The molecule has 1 N–H and O–H groups in total. The Hall–Kier alpha value is -3.07. The van der Waals surface area contributed by atoms with E-state index in [1.165, 1.54) is 0 Å². The van der Waals surface area contributed by atoms with Crippen LogP contribution in [0.3, 0.4) is 0 Å². The highest BCUT2D eigenvalue weighted by Crippen LogP contribution is 2.05. The van der Waals surface area contributed by atoms with Gasteiger partial charge in [0.25, 0.3) is 0 Å². The Balaban J connectivity index is 1.83. The van der Waals surface area contributed by atoms with E-state index in [-0.39, 0.29) is 0 Å². The number of pyridine rings is 2. The highest BCUT2D eigenvalue weighted by atomic mass is 16.6. The summed E-state index contributed by atoms with van der Waals surface area (Å²) in [5.74, 6) is 0. The van der Waals surface area contributed by atoms with Crippen LogP contribution in [0.4, 0.5) is 0 Å². The van der Waals surface area contributed by atoms with Crippen LogP contribution < -0.4 is 0 Å². The van der Waals surface area contributed by atoms with E-state index >= 15 is 0 Å². The van der Waals surface area contributed by atoms with E-state index in [9.17, 15) is 0 Å². The van der Waals surface area contributed by atoms with E-state index in [1.807, 2.05) is 18.2 Å². The number of nitrogens with zero attached hydrogens (tertiary/aromatic N) is 4. The molecule has 24 heavy (non-hydrogen) atoms. The molecule has 6 heteroatoms. The van der Waals surface area contributed by atoms with Gasteiger partial charge in [0, 0.05) is 11.9 Å². The zero-order chi connectivity index (χ0) is 17.4. The number of hydrogen-bond acceptors (Lipinski definition) is 6. The molecule has 0 atom stereocenters. The van der Waals surface area contributed by atoms with E-state index in [4.69, 9.17) is 15.5 Å². The molecule has 6 nitrogen and oxygen atoms in total. The average Bonchev–Trinajstić information content (AvgIpc) is 2.61. The second-order valence-electron chi connectivity index (χ2n) is 5.29. The van der Waals surface area contributed by atoms with Gasteiger partial charge in [0.15, 0.2) is 0 Å². The Morgan fingerprint density at radius 2 is 2.12 bits per heavy atom. The molecule has 0 aliphatic heterocycles. The van der Waals surface area contributed by atoms with Gasteiger partial charge in [-0.3, -0.25) is 9.97 Å². The summed E-state index contributed by atoms with van der Waals surface area (Å²) in [6, 6.07) is 11.1. The van der Waals surface area contributed by atoms with Gasteiger partial charge in [0.05, 0.1) is 28.7 Å². The molecule has 0 aliphatic carbocycles. The summed E-state index contributed by atoms with van der Waals surface area (Å²) in [4.78, 5) is 13.9. The SMILES string of the molecule is CC(=N)c1cccc(CCCO/N=C(\C)c2cc(C#N)ccn2)n1. The van der Waals surface area contributed by atoms with Crippen LogP contribution in [-0.4, -0.2) is 28.0 Å². The molecule has 0 aliphatic rings. The predicted molar refractivity (Wildman–Crippen MR) is 92.2 cm³/mol. The maximum atomic E-state index is 8.88. The van der Waals surface area contributed by atoms with Gasteiger partial charge in [-0.25, -0.2) is 0 Å². The third kappa shape index (κ3) is 4.99. The summed E-state index contributed by atoms with van der Waals surface area (Å²) in [7, 11) is 0. The van der Waals surface area contributed by atoms with Gasteiger partial charge >= 0.3 is 0 Å². The second-order valence-corrected chi connectivity index (χ2v) is 5.29. The lowest BCUT2D eigenvalue weighted by molar-refractivity contribution is 0.141. The average molecular weight is 321 g/mol. The van der Waals surface area contributed by atoms with Crippen molar-refractivity contribution >= 4 is 11.4 Å². The minimum Gasteiger partial charge on any atom is -0.396 e. The molecule has 122 valence electrons. The van der Waals surface area contributed by atoms with Crippen LogP contribution in [0, 0.1) is 16.7 Å². The van der Waals surface area contributed by atoms with E-state index in [2.05, 4.69) is 21.2 Å². The highest BCUT2D eigenvalue weighted by Gasteiger charge is 2.02. The van der Waals surface area contributed by atoms with Crippen LogP contribution in [0.15, 0.2) is 41.7 Å². The van der Waals surface area contributed by atoms with E-state index in [0.717, 1.165) is 18.5 Å². The monoisotopic (exact) mass is 321 g/mol. The molecule has 0 amide bonds. The first-order valence-electron chi connectivity index (χ1n) is 7.64. The summed E-state index contributed by atoms with van der Waals surface area (Å²) >= 11 is 0. The van der Waals surface area contributed by atoms with Gasteiger partial charge in [-0.05, 0) is 51.0 Å². The van der Waals surface area contributed by atoms with Gasteiger partial charge in [-0.2, -0.15) is 5.26 Å². The van der Waals surface area contributed by atoms with Crippen LogP contribution >= 0.6 is 0 Å². The molecule has 0 spiro atoms. The fourth-order valence-electron chi connectivity index (χ4n) is 2.03. The largest absolute Gasteiger partial charge is 0.396 e. The Morgan fingerprint density at radius 3 is 2.88 bits per heavy atom. The van der Waals surface area contributed by atoms with Crippen molar-refractivity contribution in [1.82, 2.24) is 9.97 Å². The van der Waals surface area contributed by atoms with E-state index in [0.29, 0.717) is 35.0 Å². The summed E-state index contributed by atoms with van der Waals surface area (Å²) in [6.07, 6.45) is 3.12. The standard InChI is InChI=1S/C18H19N5O/c1-13(20)17-7-3-5-16(22-17)6-4-10-24-23-14(2)18-11-15(12-19)8-9-21-18/h3,5,7-9,11,20H,4,6,10H2,1-2H3/b20-13?,23-14+. The molecule has 0 fully saturated rings. The van der Waals surface area contributed by atoms with Gasteiger partial charge in [-0.1, -0.05) is 11.2 Å². The first kappa shape index (κ1) is 17.3. The molecule has 0 aromatic carbocycles. The van der Waals surface area contributed by atoms with Crippen molar-refractivity contribution < 1.29 is 4.84 Å². The lowest BCUT2D eigenvalue weighted by Crippen LogP contribution is -2.03. The zero-order valence-corrected chi connectivity index (χ0v) is 13.8. The lowest BCUT2D eigenvalue weighted by atomic mass is 10.2. The Kier molecular flexibility index (Phi) is 6.15. The molecule has 2 rings (SSSR count). The topological polar surface area (TPSA) is 95.0 Å². The maximum Gasteiger partial charge on any atom is 0.117 e. The predicted octanol–water partition coefficient (Wildman–Crippen LogP) is 3.11. The highest BCUT2D eigenvalue weighted by molar-refractivity contribution is 5.96. The molecular weight excluding hydrogens is 302 g/mol. The minimum atomic E-state index is 0.459. The first-order valence-corrected chi connectivity index (χ1v) is 7.64. The second kappa shape index (κ2) is 8.53. The van der Waals surface area contributed by atoms with Crippen LogP contribution in [0.5, 0.6) is 0 Å². The van der Waals surface area contributed by atoms with E-state index in [1.54, 1.807) is 32.2 Å². The van der Waals surface area contributed by atoms with Crippen molar-refractivity contribution in [1.29, 1.82) is 10.7 Å². The summed E-state index contributed by atoms with van der Waals surface area (Å²) in [5, 5.41) is 20.5. The number of rotatable bonds is 7. The molecule has 0 saturated carbocycles. The number of nitrogens with one attached hydrogen (secondary N) is 1. The van der Waals surface area contributed by atoms with Crippen molar-refractivity contribution in [2.45, 2.75) is 26.7 Å². The first-order chi connectivity index (χ1) is 11.6. The van der Waals surface area contributed by atoms with E-state index < -0.39 is 0 Å². The fourth-order valence-corrected chi connectivity index (χ4v) is 2.03. The Bertz CT molecular complexity index is 792. The quantitative estimate of drug-likeness (QED) is 0.481. The molecule has 0 unspecified atom stereocenters.